The zero-order valence-corrected chi connectivity index (χ0v) is 15.0. The standard InChI is InChI=1S/C16H23N5O2S/c1-17-16(19-12-14-9-11-20-21(14)2)18-10-8-13-4-6-15(7-5-13)24(3,22)23/h4-7,9,11H,8,10,12H2,1-3H3,(H2,17,18,19). The van der Waals surface area contributed by atoms with Crippen LogP contribution in [0.5, 0.6) is 0 Å². The molecule has 2 rings (SSSR count). The smallest absolute Gasteiger partial charge is 0.191 e. The van der Waals surface area contributed by atoms with Crippen LogP contribution in [0, 0.1) is 0 Å². The molecule has 0 unspecified atom stereocenters. The van der Waals surface area contributed by atoms with Crippen molar-refractivity contribution in [3.63, 3.8) is 0 Å². The van der Waals surface area contributed by atoms with E-state index in [2.05, 4.69) is 20.7 Å². The molecule has 1 heterocycles. The first-order valence-electron chi connectivity index (χ1n) is 7.60. The Balaban J connectivity index is 1.80. The second-order valence-electron chi connectivity index (χ2n) is 5.46. The summed E-state index contributed by atoms with van der Waals surface area (Å²) in [5, 5.41) is 10.6. The molecular weight excluding hydrogens is 326 g/mol. The van der Waals surface area contributed by atoms with Gasteiger partial charge in [-0.15, -0.1) is 0 Å². The molecule has 0 spiro atoms. The van der Waals surface area contributed by atoms with Crippen LogP contribution < -0.4 is 10.6 Å². The van der Waals surface area contributed by atoms with Crippen molar-refractivity contribution >= 4 is 15.8 Å². The van der Waals surface area contributed by atoms with Crippen LogP contribution in [0.15, 0.2) is 46.4 Å². The highest BCUT2D eigenvalue weighted by Crippen LogP contribution is 2.10. The number of aliphatic imine (C=N–C) groups is 1. The second kappa shape index (κ2) is 7.96. The van der Waals surface area contributed by atoms with Gasteiger partial charge in [0.05, 0.1) is 17.1 Å². The predicted octanol–water partition coefficient (Wildman–Crippen LogP) is 0.731. The van der Waals surface area contributed by atoms with E-state index in [1.807, 2.05) is 29.9 Å². The first-order chi connectivity index (χ1) is 11.4. The van der Waals surface area contributed by atoms with Crippen molar-refractivity contribution in [2.75, 3.05) is 19.8 Å². The van der Waals surface area contributed by atoms with E-state index < -0.39 is 9.84 Å². The SMILES string of the molecule is CN=C(NCCc1ccc(S(C)(=O)=O)cc1)NCc1ccnn1C. The molecule has 0 saturated heterocycles. The van der Waals surface area contributed by atoms with E-state index in [4.69, 9.17) is 0 Å². The van der Waals surface area contributed by atoms with Crippen molar-refractivity contribution in [2.24, 2.45) is 12.0 Å². The van der Waals surface area contributed by atoms with Gasteiger partial charge in [-0.3, -0.25) is 9.67 Å². The first kappa shape index (κ1) is 18.0. The molecule has 2 aromatic rings. The molecule has 1 aromatic carbocycles. The van der Waals surface area contributed by atoms with E-state index in [0.717, 1.165) is 17.7 Å². The van der Waals surface area contributed by atoms with Crippen LogP contribution in [0.25, 0.3) is 0 Å². The van der Waals surface area contributed by atoms with Gasteiger partial charge in [0.25, 0.3) is 0 Å². The Bertz CT molecular complexity index is 794. The molecule has 0 saturated carbocycles. The molecule has 0 fully saturated rings. The number of guanidine groups is 1. The van der Waals surface area contributed by atoms with Gasteiger partial charge in [-0.2, -0.15) is 5.10 Å². The summed E-state index contributed by atoms with van der Waals surface area (Å²) in [5.41, 5.74) is 2.13. The molecule has 7 nitrogen and oxygen atoms in total. The van der Waals surface area contributed by atoms with Gasteiger partial charge in [0, 0.05) is 33.1 Å². The highest BCUT2D eigenvalue weighted by Gasteiger charge is 2.06. The summed E-state index contributed by atoms with van der Waals surface area (Å²) in [5.74, 6) is 0.712. The summed E-state index contributed by atoms with van der Waals surface area (Å²) in [7, 11) is 0.476. The topological polar surface area (TPSA) is 88.4 Å². The summed E-state index contributed by atoms with van der Waals surface area (Å²) in [6, 6.07) is 8.90. The lowest BCUT2D eigenvalue weighted by atomic mass is 10.1. The van der Waals surface area contributed by atoms with Gasteiger partial charge in [-0.25, -0.2) is 8.42 Å². The maximum absolute atomic E-state index is 11.4. The van der Waals surface area contributed by atoms with E-state index in [-0.39, 0.29) is 0 Å². The molecule has 0 bridgehead atoms. The van der Waals surface area contributed by atoms with Crippen LogP contribution in [0.2, 0.25) is 0 Å². The Morgan fingerprint density at radius 3 is 2.46 bits per heavy atom. The van der Waals surface area contributed by atoms with Crippen LogP contribution in [-0.4, -0.2) is 44.0 Å². The lowest BCUT2D eigenvalue weighted by molar-refractivity contribution is 0.602. The van der Waals surface area contributed by atoms with E-state index in [1.54, 1.807) is 25.4 Å². The fourth-order valence-corrected chi connectivity index (χ4v) is 2.83. The molecule has 0 aliphatic rings. The molecular formula is C16H23N5O2S. The Kier molecular flexibility index (Phi) is 5.97. The third-order valence-electron chi connectivity index (χ3n) is 3.64. The molecule has 2 N–H and O–H groups in total. The number of nitrogens with one attached hydrogen (secondary N) is 2. The molecule has 1 aromatic heterocycles. The van der Waals surface area contributed by atoms with Gasteiger partial charge in [-0.1, -0.05) is 12.1 Å². The van der Waals surface area contributed by atoms with Crippen LogP contribution >= 0.6 is 0 Å². The van der Waals surface area contributed by atoms with Gasteiger partial charge in [-0.05, 0) is 30.2 Å². The third-order valence-corrected chi connectivity index (χ3v) is 4.77. The molecule has 0 atom stereocenters. The maximum Gasteiger partial charge on any atom is 0.191 e. The van der Waals surface area contributed by atoms with Gasteiger partial charge < -0.3 is 10.6 Å². The zero-order valence-electron chi connectivity index (χ0n) is 14.2. The van der Waals surface area contributed by atoms with E-state index >= 15 is 0 Å². The van der Waals surface area contributed by atoms with Gasteiger partial charge in [0.15, 0.2) is 15.8 Å². The van der Waals surface area contributed by atoms with Crippen molar-refractivity contribution in [2.45, 2.75) is 17.9 Å². The predicted molar refractivity (Wildman–Crippen MR) is 94.7 cm³/mol. The van der Waals surface area contributed by atoms with Crippen LogP contribution in [0.4, 0.5) is 0 Å². The van der Waals surface area contributed by atoms with Crippen molar-refractivity contribution < 1.29 is 8.42 Å². The molecule has 130 valence electrons. The van der Waals surface area contributed by atoms with E-state index in [1.165, 1.54) is 6.26 Å². The number of aromatic nitrogens is 2. The number of hydrogen-bond donors (Lipinski definition) is 2. The minimum Gasteiger partial charge on any atom is -0.356 e. The van der Waals surface area contributed by atoms with Crippen LogP contribution in [-0.2, 0) is 29.9 Å². The third kappa shape index (κ3) is 5.09. The number of aryl methyl sites for hydroxylation is 1. The number of rotatable bonds is 6. The number of benzene rings is 1. The van der Waals surface area contributed by atoms with E-state index in [9.17, 15) is 8.42 Å². The summed E-state index contributed by atoms with van der Waals surface area (Å²) >= 11 is 0. The Hall–Kier alpha value is -2.35. The largest absolute Gasteiger partial charge is 0.356 e. The molecule has 0 aliphatic carbocycles. The van der Waals surface area contributed by atoms with Gasteiger partial charge in [0.1, 0.15) is 0 Å². The fraction of sp³-hybridized carbons (Fsp3) is 0.375. The van der Waals surface area contributed by atoms with Gasteiger partial charge in [0.2, 0.25) is 0 Å². The first-order valence-corrected chi connectivity index (χ1v) is 9.49. The molecule has 0 aliphatic heterocycles. The Morgan fingerprint density at radius 2 is 1.92 bits per heavy atom. The second-order valence-corrected chi connectivity index (χ2v) is 7.48. The van der Waals surface area contributed by atoms with Crippen LogP contribution in [0.1, 0.15) is 11.3 Å². The average molecular weight is 349 g/mol. The summed E-state index contributed by atoms with van der Waals surface area (Å²) in [4.78, 5) is 4.52. The zero-order chi connectivity index (χ0) is 17.6. The monoisotopic (exact) mass is 349 g/mol. The summed E-state index contributed by atoms with van der Waals surface area (Å²) < 4.78 is 24.7. The van der Waals surface area contributed by atoms with Crippen molar-refractivity contribution in [1.29, 1.82) is 0 Å². The summed E-state index contributed by atoms with van der Waals surface area (Å²) in [6.07, 6.45) is 3.74. The molecule has 0 radical (unpaired) electrons. The lowest BCUT2D eigenvalue weighted by Gasteiger charge is -2.12. The maximum atomic E-state index is 11.4. The Morgan fingerprint density at radius 1 is 1.21 bits per heavy atom. The van der Waals surface area contributed by atoms with Crippen molar-refractivity contribution in [1.82, 2.24) is 20.4 Å². The van der Waals surface area contributed by atoms with Crippen molar-refractivity contribution in [3.05, 3.63) is 47.8 Å². The molecule has 24 heavy (non-hydrogen) atoms. The lowest BCUT2D eigenvalue weighted by Crippen LogP contribution is -2.38. The molecule has 0 amide bonds. The quantitative estimate of drug-likeness (QED) is 0.593. The number of nitrogens with zero attached hydrogens (tertiary/aromatic N) is 3. The van der Waals surface area contributed by atoms with E-state index in [0.29, 0.717) is 23.9 Å². The molecule has 8 heteroatoms. The average Bonchev–Trinajstić information content (AvgIpc) is 2.95. The van der Waals surface area contributed by atoms with Gasteiger partial charge >= 0.3 is 0 Å². The summed E-state index contributed by atoms with van der Waals surface area (Å²) in [6.45, 7) is 1.34. The number of hydrogen-bond acceptors (Lipinski definition) is 4. The fourth-order valence-electron chi connectivity index (χ4n) is 2.20. The van der Waals surface area contributed by atoms with Crippen LogP contribution in [0.3, 0.4) is 0 Å². The highest BCUT2D eigenvalue weighted by atomic mass is 32.2. The normalized spacial score (nSPS) is 12.2. The Labute approximate surface area is 142 Å². The minimum atomic E-state index is -3.14. The number of sulfone groups is 1. The highest BCUT2D eigenvalue weighted by molar-refractivity contribution is 7.90. The minimum absolute atomic E-state index is 0.341. The van der Waals surface area contributed by atoms with Crippen molar-refractivity contribution in [3.8, 4) is 0 Å².